The van der Waals surface area contributed by atoms with Gasteiger partial charge >= 0.3 is 0 Å². The van der Waals surface area contributed by atoms with Crippen LogP contribution in [0.4, 0.5) is 4.39 Å². The van der Waals surface area contributed by atoms with Crippen LogP contribution in [-0.2, 0) is 16.1 Å². The third-order valence-electron chi connectivity index (χ3n) is 3.52. The van der Waals surface area contributed by atoms with Crippen LogP contribution in [0.2, 0.25) is 0 Å². The largest absolute Gasteiger partial charge is 0.390 e. The van der Waals surface area contributed by atoms with E-state index in [1.807, 2.05) is 0 Å². The number of rotatable bonds is 7. The summed E-state index contributed by atoms with van der Waals surface area (Å²) in [7, 11) is 0. The summed E-state index contributed by atoms with van der Waals surface area (Å²) in [5.41, 5.74) is 1.87. The van der Waals surface area contributed by atoms with Crippen LogP contribution < -0.4 is 5.32 Å². The van der Waals surface area contributed by atoms with E-state index in [2.05, 4.69) is 20.4 Å². The fourth-order valence-corrected chi connectivity index (χ4v) is 2.94. The molecular weight excluding hydrogens is 343 g/mol. The van der Waals surface area contributed by atoms with Gasteiger partial charge in [-0.15, -0.1) is 0 Å². The second-order valence-corrected chi connectivity index (χ2v) is 6.46. The number of carbonyl (C=O) groups is 1. The second kappa shape index (κ2) is 8.57. The number of halogens is 1. The normalized spacial score (nSPS) is 16.2. The minimum Gasteiger partial charge on any atom is -0.390 e. The lowest BCUT2D eigenvalue weighted by Gasteiger charge is -2.09. The summed E-state index contributed by atoms with van der Waals surface area (Å²) in [5.74, 6) is -0.110. The molecule has 0 spiro atoms. The predicted octanol–water partition coefficient (Wildman–Crippen LogP) is 2.21. The molecule has 25 heavy (non-hydrogen) atoms. The zero-order valence-electron chi connectivity index (χ0n) is 13.4. The minimum absolute atomic E-state index is 0.104. The molecule has 1 unspecified atom stereocenters. The maximum absolute atomic E-state index is 12.9. The van der Waals surface area contributed by atoms with E-state index in [1.54, 1.807) is 30.6 Å². The van der Waals surface area contributed by atoms with E-state index >= 15 is 0 Å². The zero-order chi connectivity index (χ0) is 17.5. The summed E-state index contributed by atoms with van der Waals surface area (Å²) < 4.78 is 12.9. The van der Waals surface area contributed by atoms with E-state index in [4.69, 9.17) is 4.84 Å². The van der Waals surface area contributed by atoms with Crippen LogP contribution in [0, 0.1) is 5.82 Å². The molecule has 1 aliphatic rings. The number of hydrogen-bond donors (Lipinski definition) is 1. The lowest BCUT2D eigenvalue weighted by atomic mass is 10.0. The standard InChI is InChI=1S/C17H17FN4O2S/c18-13-4-2-12(3-5-13)8-14-9-15(24-22-14)10-21-16(23)11-25-17-19-6-1-7-20-17/h1-7,15H,8-11H2,(H,21,23). The fourth-order valence-electron chi connectivity index (χ4n) is 2.31. The van der Waals surface area contributed by atoms with E-state index in [0.717, 1.165) is 11.3 Å². The van der Waals surface area contributed by atoms with Gasteiger partial charge in [-0.2, -0.15) is 0 Å². The van der Waals surface area contributed by atoms with Crippen molar-refractivity contribution in [3.63, 3.8) is 0 Å². The molecule has 1 atom stereocenters. The zero-order valence-corrected chi connectivity index (χ0v) is 14.2. The van der Waals surface area contributed by atoms with E-state index in [9.17, 15) is 9.18 Å². The third-order valence-corrected chi connectivity index (χ3v) is 4.39. The summed E-state index contributed by atoms with van der Waals surface area (Å²) in [5, 5.41) is 7.45. The van der Waals surface area contributed by atoms with Crippen molar-refractivity contribution in [2.75, 3.05) is 12.3 Å². The number of hydrogen-bond acceptors (Lipinski definition) is 6. The van der Waals surface area contributed by atoms with Gasteiger partial charge in [0.1, 0.15) is 11.9 Å². The molecule has 6 nitrogen and oxygen atoms in total. The Morgan fingerprint density at radius 3 is 2.80 bits per heavy atom. The van der Waals surface area contributed by atoms with E-state index in [0.29, 0.717) is 24.5 Å². The Kier molecular flexibility index (Phi) is 5.95. The molecule has 2 aromatic rings. The summed E-state index contributed by atoms with van der Waals surface area (Å²) in [4.78, 5) is 25.3. The number of benzene rings is 1. The molecule has 3 rings (SSSR count). The van der Waals surface area contributed by atoms with Crippen LogP contribution >= 0.6 is 11.8 Å². The molecule has 1 aromatic heterocycles. The predicted molar refractivity (Wildman–Crippen MR) is 92.8 cm³/mol. The molecule has 1 N–H and O–H groups in total. The average molecular weight is 360 g/mol. The molecule has 0 bridgehead atoms. The minimum atomic E-state index is -0.257. The van der Waals surface area contributed by atoms with Gasteiger partial charge in [0.15, 0.2) is 5.16 Å². The van der Waals surface area contributed by atoms with Crippen molar-refractivity contribution in [3.05, 3.63) is 54.1 Å². The van der Waals surface area contributed by atoms with E-state index < -0.39 is 0 Å². The number of nitrogens with zero attached hydrogens (tertiary/aromatic N) is 3. The van der Waals surface area contributed by atoms with Gasteiger partial charge in [-0.3, -0.25) is 4.79 Å². The highest BCUT2D eigenvalue weighted by molar-refractivity contribution is 7.99. The van der Waals surface area contributed by atoms with Crippen molar-refractivity contribution < 1.29 is 14.0 Å². The van der Waals surface area contributed by atoms with Gasteiger partial charge in [0, 0.05) is 25.2 Å². The summed E-state index contributed by atoms with van der Waals surface area (Å²) >= 11 is 1.28. The summed E-state index contributed by atoms with van der Waals surface area (Å²) in [6, 6.07) is 8.05. The molecule has 0 aliphatic carbocycles. The van der Waals surface area contributed by atoms with Crippen molar-refractivity contribution in [2.24, 2.45) is 5.16 Å². The first-order chi connectivity index (χ1) is 12.2. The maximum Gasteiger partial charge on any atom is 0.230 e. The van der Waals surface area contributed by atoms with Gasteiger partial charge in [-0.05, 0) is 23.8 Å². The summed E-state index contributed by atoms with van der Waals surface area (Å²) in [6.07, 6.45) is 4.37. The molecular formula is C17H17FN4O2S. The van der Waals surface area contributed by atoms with E-state index in [1.165, 1.54) is 23.9 Å². The van der Waals surface area contributed by atoms with Crippen LogP contribution in [0.5, 0.6) is 0 Å². The number of oxime groups is 1. The monoisotopic (exact) mass is 360 g/mol. The van der Waals surface area contributed by atoms with Crippen molar-refractivity contribution in [2.45, 2.75) is 24.1 Å². The van der Waals surface area contributed by atoms with Gasteiger partial charge in [-0.1, -0.05) is 29.1 Å². The quantitative estimate of drug-likeness (QED) is 0.605. The maximum atomic E-state index is 12.9. The number of amides is 1. The van der Waals surface area contributed by atoms with Gasteiger partial charge < -0.3 is 10.2 Å². The van der Waals surface area contributed by atoms with Gasteiger partial charge in [0.25, 0.3) is 0 Å². The number of thioether (sulfide) groups is 1. The Labute approximate surface area is 148 Å². The van der Waals surface area contributed by atoms with Crippen molar-refractivity contribution >= 4 is 23.4 Å². The third kappa shape index (κ3) is 5.53. The Hall–Kier alpha value is -2.48. The average Bonchev–Trinajstić information content (AvgIpc) is 3.08. The van der Waals surface area contributed by atoms with Crippen LogP contribution in [-0.4, -0.2) is 40.0 Å². The molecule has 1 aliphatic heterocycles. The molecule has 2 heterocycles. The van der Waals surface area contributed by atoms with Crippen molar-refractivity contribution in [1.29, 1.82) is 0 Å². The Balaban J connectivity index is 1.36. The SMILES string of the molecule is O=C(CSc1ncccn1)NCC1CC(Cc2ccc(F)cc2)=NO1. The van der Waals surface area contributed by atoms with Crippen LogP contribution in [0.25, 0.3) is 0 Å². The number of carbonyl (C=O) groups excluding carboxylic acids is 1. The summed E-state index contributed by atoms with van der Waals surface area (Å²) in [6.45, 7) is 0.394. The van der Waals surface area contributed by atoms with E-state index in [-0.39, 0.29) is 23.6 Å². The highest BCUT2D eigenvalue weighted by Gasteiger charge is 2.21. The van der Waals surface area contributed by atoms with Crippen LogP contribution in [0.1, 0.15) is 12.0 Å². The molecule has 0 fully saturated rings. The Morgan fingerprint density at radius 2 is 2.04 bits per heavy atom. The highest BCUT2D eigenvalue weighted by atomic mass is 32.2. The van der Waals surface area contributed by atoms with Gasteiger partial charge in [0.2, 0.25) is 5.91 Å². The molecule has 130 valence electrons. The van der Waals surface area contributed by atoms with Crippen molar-refractivity contribution in [3.8, 4) is 0 Å². The first-order valence-electron chi connectivity index (χ1n) is 7.81. The highest BCUT2D eigenvalue weighted by Crippen LogP contribution is 2.15. The first kappa shape index (κ1) is 17.3. The van der Waals surface area contributed by atoms with Crippen LogP contribution in [0.3, 0.4) is 0 Å². The lowest BCUT2D eigenvalue weighted by molar-refractivity contribution is -0.119. The molecule has 0 saturated carbocycles. The molecule has 0 radical (unpaired) electrons. The molecule has 0 saturated heterocycles. The Morgan fingerprint density at radius 1 is 1.28 bits per heavy atom. The smallest absolute Gasteiger partial charge is 0.230 e. The fraction of sp³-hybridized carbons (Fsp3) is 0.294. The first-order valence-corrected chi connectivity index (χ1v) is 8.80. The second-order valence-electron chi connectivity index (χ2n) is 5.52. The molecule has 8 heteroatoms. The lowest BCUT2D eigenvalue weighted by Crippen LogP contribution is -2.33. The number of aromatic nitrogens is 2. The topological polar surface area (TPSA) is 76.5 Å². The molecule has 1 aromatic carbocycles. The van der Waals surface area contributed by atoms with Gasteiger partial charge in [-0.25, -0.2) is 14.4 Å². The van der Waals surface area contributed by atoms with Crippen molar-refractivity contribution in [1.82, 2.24) is 15.3 Å². The Bertz CT molecular complexity index is 740. The molecule has 1 amide bonds. The van der Waals surface area contributed by atoms with Gasteiger partial charge in [0.05, 0.1) is 18.0 Å². The number of nitrogens with one attached hydrogen (secondary N) is 1. The van der Waals surface area contributed by atoms with Crippen LogP contribution in [0.15, 0.2) is 53.0 Å².